The molecule has 15 heavy (non-hydrogen) atoms. The Bertz CT molecular complexity index is 225. The van der Waals surface area contributed by atoms with Gasteiger partial charge in [-0.15, -0.1) is 0 Å². The number of nitrogens with two attached hydrogens (primary N) is 1. The molecule has 0 aromatic rings. The summed E-state index contributed by atoms with van der Waals surface area (Å²) in [6.45, 7) is 7.32. The average molecular weight is 231 g/mol. The maximum atomic E-state index is 11.4. The summed E-state index contributed by atoms with van der Waals surface area (Å²) in [5.74, 6) is 7.33. The molecule has 1 aliphatic heterocycles. The number of thioether (sulfide) groups is 1. The first kappa shape index (κ1) is 12.8. The molecule has 3 unspecified atom stereocenters. The number of nitrogens with one attached hydrogen (secondary N) is 1. The standard InChI is InChI=1S/C10H21N3OS/c1-7-6-15-5-4-13(7)9(3)8(2)10(14)12-11/h7-9H,4-6,11H2,1-3H3,(H,12,14). The van der Waals surface area contributed by atoms with E-state index in [1.54, 1.807) is 0 Å². The molecule has 0 aromatic carbocycles. The monoisotopic (exact) mass is 231 g/mol. The Labute approximate surface area is 95.9 Å². The number of hydrogen-bond acceptors (Lipinski definition) is 4. The maximum absolute atomic E-state index is 11.4. The van der Waals surface area contributed by atoms with Crippen LogP contribution in [0.5, 0.6) is 0 Å². The molecule has 0 saturated carbocycles. The Morgan fingerprint density at radius 3 is 2.80 bits per heavy atom. The molecule has 1 heterocycles. The van der Waals surface area contributed by atoms with Gasteiger partial charge < -0.3 is 0 Å². The third-order valence-corrected chi connectivity index (χ3v) is 4.41. The Morgan fingerprint density at radius 2 is 2.27 bits per heavy atom. The van der Waals surface area contributed by atoms with E-state index in [-0.39, 0.29) is 17.9 Å². The van der Waals surface area contributed by atoms with Crippen LogP contribution in [0.4, 0.5) is 0 Å². The molecule has 3 N–H and O–H groups in total. The number of amides is 1. The minimum Gasteiger partial charge on any atom is -0.296 e. The molecule has 1 fully saturated rings. The fourth-order valence-corrected chi connectivity index (χ4v) is 3.02. The van der Waals surface area contributed by atoms with Crippen molar-refractivity contribution in [2.75, 3.05) is 18.1 Å². The van der Waals surface area contributed by atoms with Crippen molar-refractivity contribution in [2.24, 2.45) is 11.8 Å². The van der Waals surface area contributed by atoms with Crippen LogP contribution in [0.1, 0.15) is 20.8 Å². The maximum Gasteiger partial charge on any atom is 0.238 e. The van der Waals surface area contributed by atoms with Gasteiger partial charge in [-0.3, -0.25) is 15.1 Å². The number of nitrogens with zero attached hydrogens (tertiary/aromatic N) is 1. The van der Waals surface area contributed by atoms with Crippen molar-refractivity contribution in [3.8, 4) is 0 Å². The minimum atomic E-state index is -0.0760. The van der Waals surface area contributed by atoms with Crippen LogP contribution in [-0.2, 0) is 4.79 Å². The summed E-state index contributed by atoms with van der Waals surface area (Å²) in [7, 11) is 0. The summed E-state index contributed by atoms with van der Waals surface area (Å²) in [5, 5.41) is 0. The van der Waals surface area contributed by atoms with Gasteiger partial charge in [-0.2, -0.15) is 11.8 Å². The molecule has 1 rings (SSSR count). The summed E-state index contributed by atoms with van der Waals surface area (Å²) in [6, 6.07) is 0.802. The van der Waals surface area contributed by atoms with Gasteiger partial charge in [-0.1, -0.05) is 6.92 Å². The summed E-state index contributed by atoms with van der Waals surface area (Å²) in [6.07, 6.45) is 0. The van der Waals surface area contributed by atoms with Crippen molar-refractivity contribution in [2.45, 2.75) is 32.9 Å². The van der Waals surface area contributed by atoms with E-state index >= 15 is 0 Å². The molecule has 5 heteroatoms. The molecular weight excluding hydrogens is 210 g/mol. The third kappa shape index (κ3) is 3.09. The molecule has 0 bridgehead atoms. The van der Waals surface area contributed by atoms with E-state index in [1.165, 1.54) is 0 Å². The van der Waals surface area contributed by atoms with Crippen LogP contribution >= 0.6 is 11.8 Å². The highest BCUT2D eigenvalue weighted by Gasteiger charge is 2.29. The highest BCUT2D eigenvalue weighted by molar-refractivity contribution is 7.99. The lowest BCUT2D eigenvalue weighted by Crippen LogP contribution is -2.51. The van der Waals surface area contributed by atoms with Gasteiger partial charge in [0.15, 0.2) is 0 Å². The summed E-state index contributed by atoms with van der Waals surface area (Å²) < 4.78 is 0. The SMILES string of the molecule is CC(C(=O)NN)C(C)N1CCSCC1C. The van der Waals surface area contributed by atoms with Crippen molar-refractivity contribution in [3.05, 3.63) is 0 Å². The van der Waals surface area contributed by atoms with Crippen LogP contribution in [0.25, 0.3) is 0 Å². The van der Waals surface area contributed by atoms with E-state index in [4.69, 9.17) is 5.84 Å². The predicted molar refractivity (Wildman–Crippen MR) is 64.4 cm³/mol. The summed E-state index contributed by atoms with van der Waals surface area (Å²) >= 11 is 1.98. The Hall–Kier alpha value is -0.260. The van der Waals surface area contributed by atoms with Crippen LogP contribution in [0, 0.1) is 5.92 Å². The van der Waals surface area contributed by atoms with Gasteiger partial charge in [-0.25, -0.2) is 5.84 Å². The van der Waals surface area contributed by atoms with Crippen LogP contribution in [0.3, 0.4) is 0 Å². The van der Waals surface area contributed by atoms with Gasteiger partial charge in [0.2, 0.25) is 5.91 Å². The number of hydrogen-bond donors (Lipinski definition) is 2. The molecule has 0 spiro atoms. The van der Waals surface area contributed by atoms with E-state index in [2.05, 4.69) is 24.2 Å². The number of hydrazine groups is 1. The first-order valence-electron chi connectivity index (χ1n) is 5.42. The second kappa shape index (κ2) is 5.72. The minimum absolute atomic E-state index is 0.0550. The first-order chi connectivity index (χ1) is 7.07. The van der Waals surface area contributed by atoms with E-state index in [9.17, 15) is 4.79 Å². The van der Waals surface area contributed by atoms with Crippen molar-refractivity contribution >= 4 is 17.7 Å². The Morgan fingerprint density at radius 1 is 1.60 bits per heavy atom. The lowest BCUT2D eigenvalue weighted by atomic mass is 10.00. The van der Waals surface area contributed by atoms with E-state index < -0.39 is 0 Å². The second-order valence-corrected chi connectivity index (χ2v) is 5.35. The molecule has 3 atom stereocenters. The topological polar surface area (TPSA) is 58.4 Å². The molecule has 1 saturated heterocycles. The zero-order valence-electron chi connectivity index (χ0n) is 9.69. The number of carbonyl (C=O) groups is 1. The van der Waals surface area contributed by atoms with Crippen LogP contribution in [-0.4, -0.2) is 40.9 Å². The molecule has 1 aliphatic rings. The number of rotatable bonds is 3. The van der Waals surface area contributed by atoms with Gasteiger partial charge in [0.1, 0.15) is 0 Å². The fraction of sp³-hybridized carbons (Fsp3) is 0.900. The van der Waals surface area contributed by atoms with Gasteiger partial charge >= 0.3 is 0 Å². The average Bonchev–Trinajstić information content (AvgIpc) is 2.26. The van der Waals surface area contributed by atoms with E-state index in [0.29, 0.717) is 6.04 Å². The zero-order chi connectivity index (χ0) is 11.4. The van der Waals surface area contributed by atoms with Crippen LogP contribution in [0.2, 0.25) is 0 Å². The largest absolute Gasteiger partial charge is 0.296 e. The lowest BCUT2D eigenvalue weighted by Gasteiger charge is -2.39. The highest BCUT2D eigenvalue weighted by Crippen LogP contribution is 2.21. The number of carbonyl (C=O) groups excluding carboxylic acids is 1. The van der Waals surface area contributed by atoms with E-state index in [1.807, 2.05) is 18.7 Å². The quantitative estimate of drug-likeness (QED) is 0.420. The van der Waals surface area contributed by atoms with Crippen LogP contribution in [0.15, 0.2) is 0 Å². The molecule has 88 valence electrons. The van der Waals surface area contributed by atoms with Gasteiger partial charge in [0, 0.05) is 30.1 Å². The van der Waals surface area contributed by atoms with E-state index in [0.717, 1.165) is 18.1 Å². The zero-order valence-corrected chi connectivity index (χ0v) is 10.5. The third-order valence-electron chi connectivity index (χ3n) is 3.22. The summed E-state index contributed by atoms with van der Waals surface area (Å²) in [5.41, 5.74) is 2.23. The molecule has 1 amide bonds. The molecular formula is C10H21N3OS. The second-order valence-electron chi connectivity index (χ2n) is 4.20. The smallest absolute Gasteiger partial charge is 0.238 e. The molecule has 4 nitrogen and oxygen atoms in total. The fourth-order valence-electron chi connectivity index (χ4n) is 1.98. The van der Waals surface area contributed by atoms with Crippen molar-refractivity contribution < 1.29 is 4.79 Å². The van der Waals surface area contributed by atoms with Gasteiger partial charge in [-0.05, 0) is 13.8 Å². The predicted octanol–water partition coefficient (Wildman–Crippen LogP) is 0.438. The van der Waals surface area contributed by atoms with Gasteiger partial charge in [0.25, 0.3) is 0 Å². The summed E-state index contributed by atoms with van der Waals surface area (Å²) in [4.78, 5) is 13.8. The first-order valence-corrected chi connectivity index (χ1v) is 6.57. The molecule has 0 aromatic heterocycles. The van der Waals surface area contributed by atoms with Crippen molar-refractivity contribution in [3.63, 3.8) is 0 Å². The Balaban J connectivity index is 2.57. The Kier molecular flexibility index (Phi) is 4.89. The van der Waals surface area contributed by atoms with Crippen LogP contribution < -0.4 is 11.3 Å². The highest BCUT2D eigenvalue weighted by atomic mass is 32.2. The normalized spacial score (nSPS) is 27.1. The lowest BCUT2D eigenvalue weighted by molar-refractivity contribution is -0.126. The van der Waals surface area contributed by atoms with Crippen molar-refractivity contribution in [1.82, 2.24) is 10.3 Å². The molecule has 0 radical (unpaired) electrons. The van der Waals surface area contributed by atoms with Gasteiger partial charge in [0.05, 0.1) is 5.92 Å². The van der Waals surface area contributed by atoms with Crippen molar-refractivity contribution in [1.29, 1.82) is 0 Å². The molecule has 0 aliphatic carbocycles.